The summed E-state index contributed by atoms with van der Waals surface area (Å²) in [5.41, 5.74) is 0.972. The van der Waals surface area contributed by atoms with Gasteiger partial charge in [0.2, 0.25) is 0 Å². The number of fused-ring (bicyclic) bond motifs is 1. The Balaban J connectivity index is 1.64. The standard InChI is InChI=1S/C18H24F2O/c1-2-21-16-7-5-13-9-12(3-4-14(13)10-16)15-6-8-17(19)18(20)11-15/h6,8,11-14,16H,2-5,7,9-10H2,1H3. The monoisotopic (exact) mass is 294 g/mol. The minimum absolute atomic E-state index is 0.394. The Hall–Kier alpha value is -0.960. The Labute approximate surface area is 125 Å². The summed E-state index contributed by atoms with van der Waals surface area (Å²) in [4.78, 5) is 0. The van der Waals surface area contributed by atoms with Gasteiger partial charge < -0.3 is 4.74 Å². The van der Waals surface area contributed by atoms with E-state index < -0.39 is 11.6 Å². The Morgan fingerprint density at radius 3 is 2.52 bits per heavy atom. The molecule has 0 amide bonds. The van der Waals surface area contributed by atoms with E-state index in [9.17, 15) is 8.78 Å². The molecule has 2 saturated carbocycles. The van der Waals surface area contributed by atoms with E-state index in [0.717, 1.165) is 43.3 Å². The molecule has 1 nitrogen and oxygen atoms in total. The molecule has 0 bridgehead atoms. The minimum Gasteiger partial charge on any atom is -0.378 e. The number of rotatable bonds is 3. The van der Waals surface area contributed by atoms with E-state index in [-0.39, 0.29) is 0 Å². The van der Waals surface area contributed by atoms with Crippen LogP contribution in [0.25, 0.3) is 0 Å². The van der Waals surface area contributed by atoms with E-state index in [4.69, 9.17) is 4.74 Å². The van der Waals surface area contributed by atoms with Gasteiger partial charge in [0.1, 0.15) is 0 Å². The highest BCUT2D eigenvalue weighted by Gasteiger charge is 2.36. The predicted octanol–water partition coefficient (Wildman–Crippen LogP) is 5.05. The Bertz CT molecular complexity index is 488. The second kappa shape index (κ2) is 6.43. The van der Waals surface area contributed by atoms with Crippen LogP contribution >= 0.6 is 0 Å². The molecule has 0 saturated heterocycles. The van der Waals surface area contributed by atoms with Crippen molar-refractivity contribution in [3.8, 4) is 0 Å². The summed E-state index contributed by atoms with van der Waals surface area (Å²) < 4.78 is 32.3. The van der Waals surface area contributed by atoms with Crippen LogP contribution in [0, 0.1) is 23.5 Å². The van der Waals surface area contributed by atoms with Gasteiger partial charge in [0, 0.05) is 6.61 Å². The lowest BCUT2D eigenvalue weighted by Crippen LogP contribution is -2.33. The quantitative estimate of drug-likeness (QED) is 0.757. The summed E-state index contributed by atoms with van der Waals surface area (Å²) in [7, 11) is 0. The first-order valence-corrected chi connectivity index (χ1v) is 8.24. The van der Waals surface area contributed by atoms with Crippen molar-refractivity contribution < 1.29 is 13.5 Å². The van der Waals surface area contributed by atoms with Crippen LogP contribution in [0.4, 0.5) is 8.78 Å². The fourth-order valence-corrected chi connectivity index (χ4v) is 4.30. The number of hydrogen-bond donors (Lipinski definition) is 0. The molecule has 116 valence electrons. The van der Waals surface area contributed by atoms with Crippen LogP contribution in [0.5, 0.6) is 0 Å². The second-order valence-corrected chi connectivity index (χ2v) is 6.59. The largest absolute Gasteiger partial charge is 0.378 e. The van der Waals surface area contributed by atoms with Gasteiger partial charge in [0.25, 0.3) is 0 Å². The normalized spacial score (nSPS) is 32.7. The summed E-state index contributed by atoms with van der Waals surface area (Å²) in [6, 6.07) is 4.42. The molecule has 0 spiro atoms. The van der Waals surface area contributed by atoms with Crippen molar-refractivity contribution in [3.05, 3.63) is 35.4 Å². The number of hydrogen-bond acceptors (Lipinski definition) is 1. The average molecular weight is 294 g/mol. The van der Waals surface area contributed by atoms with Gasteiger partial charge >= 0.3 is 0 Å². The van der Waals surface area contributed by atoms with E-state index in [2.05, 4.69) is 6.92 Å². The van der Waals surface area contributed by atoms with Crippen molar-refractivity contribution >= 4 is 0 Å². The zero-order chi connectivity index (χ0) is 14.8. The van der Waals surface area contributed by atoms with Gasteiger partial charge in [-0.1, -0.05) is 6.07 Å². The second-order valence-electron chi connectivity index (χ2n) is 6.59. The average Bonchev–Trinajstić information content (AvgIpc) is 2.50. The van der Waals surface area contributed by atoms with Crippen molar-refractivity contribution in [3.63, 3.8) is 0 Å². The number of ether oxygens (including phenoxy) is 1. The lowest BCUT2D eigenvalue weighted by atomic mass is 9.65. The molecule has 3 heteroatoms. The summed E-state index contributed by atoms with van der Waals surface area (Å²) >= 11 is 0. The van der Waals surface area contributed by atoms with Crippen molar-refractivity contribution in [2.45, 2.75) is 57.5 Å². The van der Waals surface area contributed by atoms with Crippen molar-refractivity contribution in [1.82, 2.24) is 0 Å². The third kappa shape index (κ3) is 3.28. The topological polar surface area (TPSA) is 9.23 Å². The molecular weight excluding hydrogens is 270 g/mol. The summed E-state index contributed by atoms with van der Waals surface area (Å²) in [6.45, 7) is 2.87. The van der Waals surface area contributed by atoms with Gasteiger partial charge in [-0.3, -0.25) is 0 Å². The lowest BCUT2D eigenvalue weighted by molar-refractivity contribution is -0.00956. The summed E-state index contributed by atoms with van der Waals surface area (Å²) in [5.74, 6) is 0.426. The summed E-state index contributed by atoms with van der Waals surface area (Å²) in [6.07, 6.45) is 7.39. The Morgan fingerprint density at radius 2 is 1.76 bits per heavy atom. The predicted molar refractivity (Wildman–Crippen MR) is 79.2 cm³/mol. The van der Waals surface area contributed by atoms with E-state index in [0.29, 0.717) is 12.0 Å². The van der Waals surface area contributed by atoms with Crippen LogP contribution < -0.4 is 0 Å². The maximum atomic E-state index is 13.4. The molecule has 21 heavy (non-hydrogen) atoms. The van der Waals surface area contributed by atoms with E-state index in [1.807, 2.05) is 0 Å². The van der Waals surface area contributed by atoms with Gasteiger partial charge in [-0.2, -0.15) is 0 Å². The van der Waals surface area contributed by atoms with Gasteiger partial charge in [0.15, 0.2) is 11.6 Å². The van der Waals surface area contributed by atoms with Gasteiger partial charge in [0.05, 0.1) is 6.10 Å². The molecule has 0 heterocycles. The van der Waals surface area contributed by atoms with E-state index in [1.165, 1.54) is 31.4 Å². The molecule has 2 fully saturated rings. The molecule has 0 aromatic heterocycles. The highest BCUT2D eigenvalue weighted by Crippen LogP contribution is 2.46. The van der Waals surface area contributed by atoms with Crippen LogP contribution in [0.1, 0.15) is 56.9 Å². The maximum Gasteiger partial charge on any atom is 0.159 e. The van der Waals surface area contributed by atoms with Gasteiger partial charge in [-0.05, 0) is 80.9 Å². The van der Waals surface area contributed by atoms with Crippen molar-refractivity contribution in [1.29, 1.82) is 0 Å². The van der Waals surface area contributed by atoms with Gasteiger partial charge in [-0.25, -0.2) is 8.78 Å². The molecule has 2 aliphatic carbocycles. The fourth-order valence-electron chi connectivity index (χ4n) is 4.30. The first-order valence-electron chi connectivity index (χ1n) is 8.24. The molecule has 4 atom stereocenters. The van der Waals surface area contributed by atoms with Gasteiger partial charge in [-0.15, -0.1) is 0 Å². The third-order valence-corrected chi connectivity index (χ3v) is 5.38. The van der Waals surface area contributed by atoms with Crippen LogP contribution in [-0.4, -0.2) is 12.7 Å². The third-order valence-electron chi connectivity index (χ3n) is 5.38. The van der Waals surface area contributed by atoms with Crippen LogP contribution in [-0.2, 0) is 4.74 Å². The highest BCUT2D eigenvalue weighted by atomic mass is 19.2. The van der Waals surface area contributed by atoms with Crippen LogP contribution in [0.15, 0.2) is 18.2 Å². The zero-order valence-electron chi connectivity index (χ0n) is 12.7. The van der Waals surface area contributed by atoms with E-state index >= 15 is 0 Å². The number of halogens is 2. The van der Waals surface area contributed by atoms with Crippen molar-refractivity contribution in [2.75, 3.05) is 6.61 Å². The molecule has 0 N–H and O–H groups in total. The molecule has 2 aliphatic rings. The number of benzene rings is 1. The molecule has 4 unspecified atom stereocenters. The minimum atomic E-state index is -0.746. The molecular formula is C18H24F2O. The summed E-state index contributed by atoms with van der Waals surface area (Å²) in [5, 5.41) is 0. The maximum absolute atomic E-state index is 13.4. The highest BCUT2D eigenvalue weighted by molar-refractivity contribution is 5.22. The first kappa shape index (κ1) is 15.0. The van der Waals surface area contributed by atoms with Crippen LogP contribution in [0.2, 0.25) is 0 Å². The first-order chi connectivity index (χ1) is 10.2. The molecule has 0 aliphatic heterocycles. The molecule has 1 aromatic rings. The lowest BCUT2D eigenvalue weighted by Gasteiger charge is -2.42. The van der Waals surface area contributed by atoms with E-state index in [1.54, 1.807) is 6.07 Å². The zero-order valence-corrected chi connectivity index (χ0v) is 12.7. The smallest absolute Gasteiger partial charge is 0.159 e. The van der Waals surface area contributed by atoms with Crippen LogP contribution in [0.3, 0.4) is 0 Å². The molecule has 0 radical (unpaired) electrons. The fraction of sp³-hybridized carbons (Fsp3) is 0.667. The Kier molecular flexibility index (Phi) is 4.58. The Morgan fingerprint density at radius 1 is 1.00 bits per heavy atom. The SMILES string of the molecule is CCOC1CCC2CC(c3ccc(F)c(F)c3)CCC2C1. The molecule has 3 rings (SSSR count). The van der Waals surface area contributed by atoms with Crippen molar-refractivity contribution in [2.24, 2.45) is 11.8 Å². The molecule has 1 aromatic carbocycles.